The summed E-state index contributed by atoms with van der Waals surface area (Å²) in [7, 11) is 0. The molecule has 0 amide bonds. The molecule has 612 valence electrons. The molecule has 0 aliphatic carbocycles. The van der Waals surface area contributed by atoms with Crippen LogP contribution in [0.5, 0.6) is 0 Å². The van der Waals surface area contributed by atoms with Gasteiger partial charge in [-0.15, -0.1) is 0 Å². The molecule has 29 N–H and O–H groups in total. The normalized spacial score (nSPS) is 54.0. The van der Waals surface area contributed by atoms with Gasteiger partial charge in [-0.3, -0.25) is 0 Å². The monoisotopic (exact) mass is 1550 g/mol. The Labute approximate surface area is 591 Å². The minimum Gasteiger partial charge on any atom is -0.394 e. The van der Waals surface area contributed by atoms with E-state index in [-0.39, 0.29) is 0 Å². The van der Waals surface area contributed by atoms with E-state index in [0.29, 0.717) is 0 Å². The van der Waals surface area contributed by atoms with Crippen LogP contribution in [0.25, 0.3) is 0 Å². The van der Waals surface area contributed by atoms with Crippen LogP contribution in [0, 0.1) is 0 Å². The van der Waals surface area contributed by atoms with E-state index in [4.69, 9.17) is 90.0 Å². The number of hydrogen-bond donors (Lipinski definition) is 29. The lowest BCUT2D eigenvalue weighted by Crippen LogP contribution is -2.68. The van der Waals surface area contributed by atoms with E-state index in [1.807, 2.05) is 0 Å². The third-order valence-corrected chi connectivity index (χ3v) is 19.6. The van der Waals surface area contributed by atoms with Gasteiger partial charge < -0.3 is 238 Å². The molecule has 10 aliphatic heterocycles. The van der Waals surface area contributed by atoms with Gasteiger partial charge >= 0.3 is 0 Å². The van der Waals surface area contributed by atoms with Crippen molar-refractivity contribution >= 4 is 0 Å². The van der Waals surface area contributed by atoms with Crippen molar-refractivity contribution in [3.8, 4) is 0 Å². The molecule has 0 saturated carbocycles. The lowest BCUT2D eigenvalue weighted by atomic mass is 9.95. The predicted molar refractivity (Wildman–Crippen MR) is 312 cm³/mol. The van der Waals surface area contributed by atoms with Gasteiger partial charge in [0, 0.05) is 0 Å². The first-order chi connectivity index (χ1) is 49.7. The van der Waals surface area contributed by atoms with Gasteiger partial charge in [-0.05, 0) is 0 Å². The quantitative estimate of drug-likeness (QED) is 0.0404. The summed E-state index contributed by atoms with van der Waals surface area (Å²) in [4.78, 5) is 0. The first-order valence-electron chi connectivity index (χ1n) is 33.4. The average Bonchev–Trinajstić information content (AvgIpc) is 0.774. The molecule has 10 fully saturated rings. The summed E-state index contributed by atoms with van der Waals surface area (Å²) in [5.74, 6) is 0. The van der Waals surface area contributed by atoms with Crippen LogP contribution < -0.4 is 0 Å². The average molecular weight is 1550 g/mol. The van der Waals surface area contributed by atoms with Crippen molar-refractivity contribution in [1.82, 2.24) is 0 Å². The van der Waals surface area contributed by atoms with E-state index in [0.717, 1.165) is 0 Å². The Morgan fingerprint density at radius 2 is 0.410 bits per heavy atom. The van der Waals surface area contributed by atoms with Crippen molar-refractivity contribution in [2.24, 2.45) is 0 Å². The minimum absolute atomic E-state index is 0.610. The Balaban J connectivity index is 0.878. The predicted octanol–water partition coefficient (Wildman–Crippen LogP) is -20.9. The molecule has 0 aromatic carbocycles. The molecular formula is C57H96O48. The highest BCUT2D eigenvalue weighted by atomic mass is 16.8. The van der Waals surface area contributed by atoms with Gasteiger partial charge in [-0.1, -0.05) is 0 Å². The van der Waals surface area contributed by atoms with Gasteiger partial charge in [-0.25, -0.2) is 0 Å². The van der Waals surface area contributed by atoms with Crippen molar-refractivity contribution in [1.29, 1.82) is 0 Å². The molecule has 48 heteroatoms. The molecular weight excluding hydrogens is 1450 g/mol. The zero-order chi connectivity index (χ0) is 76.6. The largest absolute Gasteiger partial charge is 0.394 e. The summed E-state index contributed by atoms with van der Waals surface area (Å²) in [5.41, 5.74) is 0. The summed E-state index contributed by atoms with van der Waals surface area (Å²) >= 11 is 0. The van der Waals surface area contributed by atoms with Gasteiger partial charge in [0.15, 0.2) is 62.9 Å². The second-order valence-corrected chi connectivity index (χ2v) is 26.8. The summed E-state index contributed by atoms with van der Waals surface area (Å²) in [6.07, 6.45) is -95.8. The number of aliphatic hydroxyl groups is 29. The smallest absolute Gasteiger partial charge is 0.187 e. The summed E-state index contributed by atoms with van der Waals surface area (Å²) in [6.45, 7) is -9.01. The molecule has 0 spiro atoms. The molecule has 10 heterocycles. The number of rotatable bonds is 25. The fourth-order valence-electron chi connectivity index (χ4n) is 13.3. The first-order valence-corrected chi connectivity index (χ1v) is 33.4. The van der Waals surface area contributed by atoms with Gasteiger partial charge in [0.1, 0.15) is 226 Å². The molecule has 48 nitrogen and oxygen atoms in total. The van der Waals surface area contributed by atoms with E-state index in [1.165, 1.54) is 0 Å². The SMILES string of the molecule is OC[C@H]1O[C@@H](O[C@H]2[C@H](O)[C@@H](O)[C@H](O[C@H]3[C@H](O)[C@@H](O)[C@H](O[C@H]4[C@H](O)[C@@H](O)[C@H](O[C@H]5[C@H](O)[C@@H](O)[C@H](O[C@H]6[C@H](O)[C@@H](O)[C@H](O[C@H]7[C@H](O)[C@@H](O)C(O)O[C@@H]7CO)O[C@@H]6CO[C@H]6OC[C@@H](O)[C@H](O)[C@H]6O)O[C@@H]5CO[C@H]5OC[C@@H](O)[C@H](O)[C@H]5O)O[C@@H]4CO[C@H]4OC[C@@H](O)[C@H](O)[C@H]4O)O[C@@H]3CO)O[C@@H]2CO)[C@H](O)[C@@H](O)[C@@H]1O. The van der Waals surface area contributed by atoms with E-state index in [2.05, 4.69) is 0 Å². The zero-order valence-electron chi connectivity index (χ0n) is 54.9. The Hall–Kier alpha value is -1.92. The van der Waals surface area contributed by atoms with Gasteiger partial charge in [0.25, 0.3) is 0 Å². The second kappa shape index (κ2) is 36.9. The maximum Gasteiger partial charge on any atom is 0.187 e. The number of aliphatic hydroxyl groups excluding tert-OH is 29. The highest BCUT2D eigenvalue weighted by molar-refractivity contribution is 5.02. The molecule has 10 aliphatic rings. The summed E-state index contributed by atoms with van der Waals surface area (Å²) in [5, 5.41) is 315. The van der Waals surface area contributed by atoms with Gasteiger partial charge in [-0.2, -0.15) is 0 Å². The van der Waals surface area contributed by atoms with Crippen molar-refractivity contribution in [3.63, 3.8) is 0 Å². The standard InChI is InChI=1S/C57H96O48/c58-1-14-24(68)25(69)36(80)52(94-14)101-43-16(3-60)95-53(37(81)27(43)71)102-44-17(4-61)96-54(38(82)28(44)72)103-45-18(8-90-49-33(77)21(65)11(62)5-87-49)98-56(40(84)30(45)74)105-47-20(10-92-51-35(79)23(67)13(64)7-89-51)99-57(41(85)31(47)75)104-46-19(9-91-50-34(78)22(66)12(63)6-88-50)97-55(39(83)29(46)73)100-42-15(2-59)93-48(86)32(76)26(42)70/h11-86H,1-10H2/t11-,12-,13-,14-,15-,16-,17-,18-,19-,20-,21+,22+,23+,24-,25+,26-,27-,28-,29-,30-,31-,32-,33-,34-,35-,36-,37-,38-,39-,40-,41-,42-,43-,44-,45-,46-,47-,48?,49-,50-,51-,52+,53+,54+,55+,56+,57+/m1/s1. The lowest BCUT2D eigenvalue weighted by molar-refractivity contribution is -0.402. The highest BCUT2D eigenvalue weighted by Crippen LogP contribution is 2.39. The molecule has 10 rings (SSSR count). The van der Waals surface area contributed by atoms with Crippen LogP contribution >= 0.6 is 0 Å². The third kappa shape index (κ3) is 18.3. The first kappa shape index (κ1) is 85.5. The van der Waals surface area contributed by atoms with Crippen LogP contribution in [0.3, 0.4) is 0 Å². The highest BCUT2D eigenvalue weighted by Gasteiger charge is 2.60. The molecule has 10 saturated heterocycles. The topological polar surface area (TPSA) is 762 Å². The molecule has 0 bridgehead atoms. The lowest BCUT2D eigenvalue weighted by Gasteiger charge is -2.50. The number of ether oxygens (including phenoxy) is 19. The maximum atomic E-state index is 12.2. The van der Waals surface area contributed by atoms with Gasteiger partial charge in [0.05, 0.1) is 66.1 Å². The van der Waals surface area contributed by atoms with Crippen molar-refractivity contribution in [2.45, 2.75) is 289 Å². The van der Waals surface area contributed by atoms with Crippen molar-refractivity contribution in [2.75, 3.05) is 66.1 Å². The Bertz CT molecular complexity index is 2620. The fraction of sp³-hybridized carbons (Fsp3) is 1.00. The fourth-order valence-corrected chi connectivity index (χ4v) is 13.3. The molecule has 0 aromatic heterocycles. The number of hydrogen-bond acceptors (Lipinski definition) is 48. The molecule has 105 heavy (non-hydrogen) atoms. The van der Waals surface area contributed by atoms with Crippen molar-refractivity contribution in [3.05, 3.63) is 0 Å². The van der Waals surface area contributed by atoms with E-state index in [1.54, 1.807) is 0 Å². The van der Waals surface area contributed by atoms with Crippen LogP contribution in [-0.2, 0) is 90.0 Å². The Kier molecular flexibility index (Phi) is 30.1. The molecule has 47 atom stereocenters. The Morgan fingerprint density at radius 3 is 0.676 bits per heavy atom. The second-order valence-electron chi connectivity index (χ2n) is 26.8. The minimum atomic E-state index is -2.48. The van der Waals surface area contributed by atoms with E-state index < -0.39 is 355 Å². The van der Waals surface area contributed by atoms with E-state index in [9.17, 15) is 148 Å². The Morgan fingerprint density at radius 1 is 0.200 bits per heavy atom. The van der Waals surface area contributed by atoms with Crippen LogP contribution in [0.4, 0.5) is 0 Å². The molecule has 0 radical (unpaired) electrons. The van der Waals surface area contributed by atoms with E-state index >= 15 is 0 Å². The molecule has 1 unspecified atom stereocenters. The van der Waals surface area contributed by atoms with Crippen LogP contribution in [0.15, 0.2) is 0 Å². The van der Waals surface area contributed by atoms with Crippen LogP contribution in [0.2, 0.25) is 0 Å². The summed E-state index contributed by atoms with van der Waals surface area (Å²) in [6, 6.07) is 0. The van der Waals surface area contributed by atoms with Crippen LogP contribution in [0.1, 0.15) is 0 Å². The van der Waals surface area contributed by atoms with Crippen LogP contribution in [-0.4, -0.2) is 503 Å². The zero-order valence-corrected chi connectivity index (χ0v) is 54.9. The third-order valence-electron chi connectivity index (χ3n) is 19.6. The maximum absolute atomic E-state index is 12.2. The van der Waals surface area contributed by atoms with Crippen molar-refractivity contribution < 1.29 is 238 Å². The van der Waals surface area contributed by atoms with Gasteiger partial charge in [0.2, 0.25) is 0 Å². The summed E-state index contributed by atoms with van der Waals surface area (Å²) < 4.78 is 108. The molecule has 0 aromatic rings.